The van der Waals surface area contributed by atoms with Crippen molar-refractivity contribution in [3.05, 3.63) is 35.4 Å². The number of hydrogen-bond donors (Lipinski definition) is 1. The van der Waals surface area contributed by atoms with Gasteiger partial charge in [0.25, 0.3) is 0 Å². The lowest BCUT2D eigenvalue weighted by Gasteiger charge is -2.08. The molecule has 0 aliphatic carbocycles. The second-order valence-electron chi connectivity index (χ2n) is 3.38. The Morgan fingerprint density at radius 3 is 2.50 bits per heavy atom. The van der Waals surface area contributed by atoms with Gasteiger partial charge < -0.3 is 10.5 Å². The fourth-order valence-electron chi connectivity index (χ4n) is 1.11. The summed E-state index contributed by atoms with van der Waals surface area (Å²) in [6.45, 7) is 5.33. The Morgan fingerprint density at radius 2 is 1.93 bits per heavy atom. The minimum atomic E-state index is 0. The third kappa shape index (κ3) is 4.61. The van der Waals surface area contributed by atoms with Crippen LogP contribution < -0.4 is 5.73 Å². The number of benzene rings is 1. The van der Waals surface area contributed by atoms with Gasteiger partial charge in [-0.2, -0.15) is 0 Å². The van der Waals surface area contributed by atoms with Gasteiger partial charge in [-0.15, -0.1) is 12.4 Å². The predicted molar refractivity (Wildman–Crippen MR) is 61.5 cm³/mol. The molecule has 0 bridgehead atoms. The molecule has 80 valence electrons. The molecule has 0 heterocycles. The maximum Gasteiger partial charge on any atom is 0.0720 e. The van der Waals surface area contributed by atoms with Crippen molar-refractivity contribution in [2.24, 2.45) is 5.73 Å². The van der Waals surface area contributed by atoms with Crippen LogP contribution in [-0.2, 0) is 17.9 Å². The Kier molecular flexibility index (Phi) is 6.54. The summed E-state index contributed by atoms with van der Waals surface area (Å²) in [5.41, 5.74) is 7.88. The van der Waals surface area contributed by atoms with Gasteiger partial charge in [-0.05, 0) is 25.0 Å². The molecule has 3 heteroatoms. The van der Waals surface area contributed by atoms with Crippen molar-refractivity contribution in [2.75, 3.05) is 0 Å². The lowest BCUT2D eigenvalue weighted by Crippen LogP contribution is -2.03. The first-order valence-electron chi connectivity index (χ1n) is 4.62. The number of halogens is 1. The topological polar surface area (TPSA) is 35.2 Å². The van der Waals surface area contributed by atoms with E-state index in [9.17, 15) is 0 Å². The molecule has 0 aromatic heterocycles. The summed E-state index contributed by atoms with van der Waals surface area (Å²) < 4.78 is 5.49. The van der Waals surface area contributed by atoms with Crippen LogP contribution in [0.3, 0.4) is 0 Å². The summed E-state index contributed by atoms with van der Waals surface area (Å²) in [4.78, 5) is 0. The molecule has 1 rings (SSSR count). The minimum absolute atomic E-state index is 0. The second-order valence-corrected chi connectivity index (χ2v) is 3.38. The van der Waals surface area contributed by atoms with Crippen LogP contribution in [0.2, 0.25) is 0 Å². The molecule has 2 nitrogen and oxygen atoms in total. The highest BCUT2D eigenvalue weighted by molar-refractivity contribution is 5.85. The lowest BCUT2D eigenvalue weighted by atomic mass is 10.1. The largest absolute Gasteiger partial charge is 0.374 e. The molecule has 1 aromatic carbocycles. The van der Waals surface area contributed by atoms with E-state index >= 15 is 0 Å². The van der Waals surface area contributed by atoms with E-state index in [1.54, 1.807) is 0 Å². The summed E-state index contributed by atoms with van der Waals surface area (Å²) in [6.07, 6.45) is 0.279. The molecule has 1 aromatic rings. The number of rotatable bonds is 4. The maximum atomic E-state index is 5.53. The van der Waals surface area contributed by atoms with E-state index in [2.05, 4.69) is 12.1 Å². The van der Waals surface area contributed by atoms with Gasteiger partial charge in [0, 0.05) is 6.54 Å². The summed E-state index contributed by atoms with van der Waals surface area (Å²) in [5, 5.41) is 0. The van der Waals surface area contributed by atoms with Crippen LogP contribution in [0.5, 0.6) is 0 Å². The van der Waals surface area contributed by atoms with Crippen LogP contribution >= 0.6 is 12.4 Å². The fraction of sp³-hybridized carbons (Fsp3) is 0.455. The highest BCUT2D eigenvalue weighted by Crippen LogP contribution is 2.07. The van der Waals surface area contributed by atoms with Gasteiger partial charge in [-0.3, -0.25) is 0 Å². The molecule has 0 spiro atoms. The van der Waals surface area contributed by atoms with Gasteiger partial charge in [0.15, 0.2) is 0 Å². The van der Waals surface area contributed by atoms with Gasteiger partial charge in [-0.25, -0.2) is 0 Å². The van der Waals surface area contributed by atoms with Crippen molar-refractivity contribution in [2.45, 2.75) is 33.1 Å². The molecule has 0 saturated heterocycles. The average molecular weight is 216 g/mol. The standard InChI is InChI=1S/C11H17NO.ClH/c1-9(2)13-8-11-5-3-4-10(6-11)7-12;/h3-6,9H,7-8,12H2,1-2H3;1H. The summed E-state index contributed by atoms with van der Waals surface area (Å²) in [5.74, 6) is 0. The van der Waals surface area contributed by atoms with E-state index in [0.717, 1.165) is 5.56 Å². The highest BCUT2D eigenvalue weighted by atomic mass is 35.5. The third-order valence-corrected chi connectivity index (χ3v) is 1.81. The monoisotopic (exact) mass is 215 g/mol. The molecule has 0 aliphatic heterocycles. The Labute approximate surface area is 91.9 Å². The Balaban J connectivity index is 0.00000169. The molecular formula is C11H18ClNO. The SMILES string of the molecule is CC(C)OCc1cccc(CN)c1.Cl. The van der Waals surface area contributed by atoms with Crippen LogP contribution in [0.4, 0.5) is 0 Å². The van der Waals surface area contributed by atoms with E-state index < -0.39 is 0 Å². The Hall–Kier alpha value is -0.570. The Morgan fingerprint density at radius 1 is 1.29 bits per heavy atom. The van der Waals surface area contributed by atoms with Crippen molar-refractivity contribution >= 4 is 12.4 Å². The van der Waals surface area contributed by atoms with Gasteiger partial charge >= 0.3 is 0 Å². The van der Waals surface area contributed by atoms with Gasteiger partial charge in [0.1, 0.15) is 0 Å². The van der Waals surface area contributed by atoms with Crippen molar-refractivity contribution in [1.29, 1.82) is 0 Å². The average Bonchev–Trinajstić information content (AvgIpc) is 2.15. The molecule has 0 radical (unpaired) electrons. The van der Waals surface area contributed by atoms with Crippen LogP contribution in [0.15, 0.2) is 24.3 Å². The van der Waals surface area contributed by atoms with E-state index in [-0.39, 0.29) is 18.5 Å². The lowest BCUT2D eigenvalue weighted by molar-refractivity contribution is 0.0657. The number of nitrogens with two attached hydrogens (primary N) is 1. The van der Waals surface area contributed by atoms with E-state index in [1.165, 1.54) is 5.56 Å². The minimum Gasteiger partial charge on any atom is -0.374 e. The van der Waals surface area contributed by atoms with Crippen LogP contribution in [0.25, 0.3) is 0 Å². The van der Waals surface area contributed by atoms with E-state index in [4.69, 9.17) is 10.5 Å². The zero-order valence-corrected chi connectivity index (χ0v) is 9.51. The maximum absolute atomic E-state index is 5.53. The molecule has 0 amide bonds. The predicted octanol–water partition coefficient (Wildman–Crippen LogP) is 2.49. The van der Waals surface area contributed by atoms with Gasteiger partial charge in [0.05, 0.1) is 12.7 Å². The number of hydrogen-bond acceptors (Lipinski definition) is 2. The first-order chi connectivity index (χ1) is 6.22. The van der Waals surface area contributed by atoms with Crippen LogP contribution in [0.1, 0.15) is 25.0 Å². The van der Waals surface area contributed by atoms with Crippen molar-refractivity contribution in [3.63, 3.8) is 0 Å². The molecule has 2 N–H and O–H groups in total. The Bertz CT molecular complexity index is 263. The smallest absolute Gasteiger partial charge is 0.0720 e. The van der Waals surface area contributed by atoms with Crippen molar-refractivity contribution in [3.8, 4) is 0 Å². The second kappa shape index (κ2) is 6.82. The zero-order chi connectivity index (χ0) is 9.68. The molecule has 0 fully saturated rings. The van der Waals surface area contributed by atoms with Crippen molar-refractivity contribution < 1.29 is 4.74 Å². The first-order valence-corrected chi connectivity index (χ1v) is 4.62. The van der Waals surface area contributed by atoms with Crippen LogP contribution in [0, 0.1) is 0 Å². The first kappa shape index (κ1) is 13.4. The van der Waals surface area contributed by atoms with Crippen LogP contribution in [-0.4, -0.2) is 6.10 Å². The van der Waals surface area contributed by atoms with E-state index in [0.29, 0.717) is 13.2 Å². The summed E-state index contributed by atoms with van der Waals surface area (Å²) in [6, 6.07) is 8.18. The van der Waals surface area contributed by atoms with E-state index in [1.807, 2.05) is 26.0 Å². The van der Waals surface area contributed by atoms with Gasteiger partial charge in [0.2, 0.25) is 0 Å². The molecule has 0 aliphatic rings. The molecule has 14 heavy (non-hydrogen) atoms. The molecule has 0 saturated carbocycles. The molecular weight excluding hydrogens is 198 g/mol. The normalized spacial score (nSPS) is 10.0. The molecule has 0 unspecified atom stereocenters. The summed E-state index contributed by atoms with van der Waals surface area (Å²) >= 11 is 0. The third-order valence-electron chi connectivity index (χ3n) is 1.81. The highest BCUT2D eigenvalue weighted by Gasteiger charge is 1.96. The van der Waals surface area contributed by atoms with Gasteiger partial charge in [-0.1, -0.05) is 24.3 Å². The number of ether oxygens (including phenoxy) is 1. The van der Waals surface area contributed by atoms with Crippen molar-refractivity contribution in [1.82, 2.24) is 0 Å². The zero-order valence-electron chi connectivity index (χ0n) is 8.69. The fourth-order valence-corrected chi connectivity index (χ4v) is 1.11. The quantitative estimate of drug-likeness (QED) is 0.838. The summed E-state index contributed by atoms with van der Waals surface area (Å²) in [7, 11) is 0. The molecule has 0 atom stereocenters.